The smallest absolute Gasteiger partial charge is 0.407 e. The predicted octanol–water partition coefficient (Wildman–Crippen LogP) is 0.401. The molecular weight excluding hydrogens is 212 g/mol. The third-order valence-electron chi connectivity index (χ3n) is 1.42. The minimum Gasteiger partial charge on any atom is -0.463 e. The highest BCUT2D eigenvalue weighted by Crippen LogP contribution is 2.06. The zero-order chi connectivity index (χ0) is 12.8. The molecule has 0 unspecified atom stereocenters. The molecule has 0 rings (SSSR count). The average Bonchev–Trinajstić information content (AvgIpc) is 2.10. The van der Waals surface area contributed by atoms with Crippen LogP contribution in [0.25, 0.3) is 0 Å². The Morgan fingerprint density at radius 1 is 1.38 bits per heavy atom. The number of amides is 1. The fraction of sp³-hybridized carbons (Fsp3) is 0.800. The summed E-state index contributed by atoms with van der Waals surface area (Å²) in [5.41, 5.74) is 4.51. The number of esters is 1. The molecule has 0 aliphatic heterocycles. The van der Waals surface area contributed by atoms with Crippen LogP contribution in [0.1, 0.15) is 27.7 Å². The van der Waals surface area contributed by atoms with Crippen LogP contribution in [-0.2, 0) is 14.3 Å². The number of rotatable bonds is 4. The number of ether oxygens (including phenoxy) is 2. The van der Waals surface area contributed by atoms with Gasteiger partial charge in [-0.25, -0.2) is 4.79 Å². The van der Waals surface area contributed by atoms with Crippen molar-refractivity contribution >= 4 is 12.1 Å². The van der Waals surface area contributed by atoms with E-state index in [1.54, 1.807) is 27.7 Å². The van der Waals surface area contributed by atoms with Gasteiger partial charge >= 0.3 is 12.1 Å². The lowest BCUT2D eigenvalue weighted by molar-refractivity contribution is -0.142. The van der Waals surface area contributed by atoms with Crippen molar-refractivity contribution < 1.29 is 19.1 Å². The first-order valence-electron chi connectivity index (χ1n) is 5.10. The molecule has 0 spiro atoms. The molecular formula is C10H20N2O4. The molecule has 0 fully saturated rings. The van der Waals surface area contributed by atoms with Crippen LogP contribution in [-0.4, -0.2) is 36.9 Å². The highest BCUT2D eigenvalue weighted by molar-refractivity contribution is 5.71. The fourth-order valence-corrected chi connectivity index (χ4v) is 0.827. The van der Waals surface area contributed by atoms with E-state index in [1.807, 2.05) is 0 Å². The maximum absolute atomic E-state index is 11.3. The Morgan fingerprint density at radius 3 is 2.38 bits per heavy atom. The molecule has 0 aromatic rings. The molecule has 1 amide bonds. The van der Waals surface area contributed by atoms with E-state index in [4.69, 9.17) is 15.2 Å². The van der Waals surface area contributed by atoms with Gasteiger partial charge in [-0.2, -0.15) is 0 Å². The van der Waals surface area contributed by atoms with Crippen LogP contribution in [0.2, 0.25) is 0 Å². The lowest BCUT2D eigenvalue weighted by atomic mass is 10.2. The molecule has 94 valence electrons. The van der Waals surface area contributed by atoms with Gasteiger partial charge in [0.25, 0.3) is 0 Å². The summed E-state index contributed by atoms with van der Waals surface area (Å²) in [5.74, 6) is -0.502. The Balaban J connectivity index is 3.83. The van der Waals surface area contributed by atoms with Crippen LogP contribution in [0.3, 0.4) is 0 Å². The summed E-state index contributed by atoms with van der Waals surface area (Å²) in [6.45, 7) is 6.92. The van der Waals surface area contributed by atoms with Crippen molar-refractivity contribution in [2.45, 2.75) is 39.3 Å². The van der Waals surface area contributed by atoms with E-state index in [1.165, 1.54) is 0 Å². The van der Waals surface area contributed by atoms with Crippen LogP contribution in [0.4, 0.5) is 4.79 Å². The number of carbonyl (C=O) groups excluding carboxylic acids is 2. The minimum absolute atomic E-state index is 0.0786. The second-order valence-corrected chi connectivity index (χ2v) is 4.43. The van der Waals surface area contributed by atoms with Gasteiger partial charge < -0.3 is 20.5 Å². The highest BCUT2D eigenvalue weighted by atomic mass is 16.6. The van der Waals surface area contributed by atoms with Gasteiger partial charge in [-0.3, -0.25) is 4.79 Å². The van der Waals surface area contributed by atoms with E-state index in [0.717, 1.165) is 0 Å². The zero-order valence-electron chi connectivity index (χ0n) is 10.2. The standard InChI is InChI=1S/C10H20N2O4/c1-7(6-15-8(13)5-11)12-9(14)16-10(2,3)4/h7H,5-6,11H2,1-4H3,(H,12,14)/t7-/m0/s1. The first-order chi connectivity index (χ1) is 7.24. The van der Waals surface area contributed by atoms with E-state index in [-0.39, 0.29) is 19.2 Å². The molecule has 6 nitrogen and oxygen atoms in total. The maximum atomic E-state index is 11.3. The fourth-order valence-electron chi connectivity index (χ4n) is 0.827. The SMILES string of the molecule is C[C@@H](COC(=O)CN)NC(=O)OC(C)(C)C. The minimum atomic E-state index is -0.544. The van der Waals surface area contributed by atoms with Crippen molar-refractivity contribution in [3.8, 4) is 0 Å². The number of nitrogens with one attached hydrogen (secondary N) is 1. The molecule has 0 aromatic carbocycles. The van der Waals surface area contributed by atoms with E-state index < -0.39 is 17.7 Å². The van der Waals surface area contributed by atoms with Gasteiger partial charge in [-0.05, 0) is 27.7 Å². The first-order valence-corrected chi connectivity index (χ1v) is 5.10. The molecule has 0 saturated carbocycles. The van der Waals surface area contributed by atoms with Gasteiger partial charge in [0.15, 0.2) is 0 Å². The van der Waals surface area contributed by atoms with Gasteiger partial charge in [0.2, 0.25) is 0 Å². The lowest BCUT2D eigenvalue weighted by Crippen LogP contribution is -2.40. The predicted molar refractivity (Wildman–Crippen MR) is 58.8 cm³/mol. The van der Waals surface area contributed by atoms with E-state index in [9.17, 15) is 9.59 Å². The molecule has 0 radical (unpaired) electrons. The van der Waals surface area contributed by atoms with Crippen molar-refractivity contribution in [2.24, 2.45) is 5.73 Å². The topological polar surface area (TPSA) is 90.6 Å². The summed E-state index contributed by atoms with van der Waals surface area (Å²) < 4.78 is 9.78. The van der Waals surface area contributed by atoms with Crippen molar-refractivity contribution in [3.63, 3.8) is 0 Å². The maximum Gasteiger partial charge on any atom is 0.407 e. The number of hydrogen-bond acceptors (Lipinski definition) is 5. The molecule has 0 heterocycles. The molecule has 0 saturated heterocycles. The summed E-state index contributed by atoms with van der Waals surface area (Å²) in [5, 5.41) is 2.54. The van der Waals surface area contributed by atoms with Gasteiger partial charge in [-0.15, -0.1) is 0 Å². The van der Waals surface area contributed by atoms with Crippen LogP contribution < -0.4 is 11.1 Å². The normalized spacial score (nSPS) is 12.8. The van der Waals surface area contributed by atoms with Crippen LogP contribution >= 0.6 is 0 Å². The zero-order valence-corrected chi connectivity index (χ0v) is 10.2. The van der Waals surface area contributed by atoms with E-state index >= 15 is 0 Å². The average molecular weight is 232 g/mol. The molecule has 16 heavy (non-hydrogen) atoms. The lowest BCUT2D eigenvalue weighted by Gasteiger charge is -2.21. The van der Waals surface area contributed by atoms with Gasteiger partial charge in [0, 0.05) is 0 Å². The Kier molecular flexibility index (Phi) is 5.81. The first kappa shape index (κ1) is 14.7. The summed E-state index contributed by atoms with van der Waals surface area (Å²) in [6, 6.07) is -0.314. The Labute approximate surface area is 95.5 Å². The Hall–Kier alpha value is -1.30. The summed E-state index contributed by atoms with van der Waals surface area (Å²) >= 11 is 0. The molecule has 0 bridgehead atoms. The largest absolute Gasteiger partial charge is 0.463 e. The molecule has 0 aliphatic rings. The van der Waals surface area contributed by atoms with Crippen molar-refractivity contribution in [1.82, 2.24) is 5.32 Å². The Bertz CT molecular complexity index is 248. The quantitative estimate of drug-likeness (QED) is 0.685. The number of hydrogen-bond donors (Lipinski definition) is 2. The van der Waals surface area contributed by atoms with Crippen molar-refractivity contribution in [2.75, 3.05) is 13.2 Å². The van der Waals surface area contributed by atoms with Crippen molar-refractivity contribution in [1.29, 1.82) is 0 Å². The summed E-state index contributed by atoms with van der Waals surface area (Å²) in [6.07, 6.45) is -0.538. The summed E-state index contributed by atoms with van der Waals surface area (Å²) in [4.78, 5) is 22.0. The van der Waals surface area contributed by atoms with Gasteiger partial charge in [0.1, 0.15) is 12.2 Å². The molecule has 6 heteroatoms. The van der Waals surface area contributed by atoms with Gasteiger partial charge in [0.05, 0.1) is 12.6 Å². The van der Waals surface area contributed by atoms with Crippen LogP contribution in [0, 0.1) is 0 Å². The molecule has 0 aliphatic carbocycles. The third-order valence-corrected chi connectivity index (χ3v) is 1.42. The molecule has 1 atom stereocenters. The van der Waals surface area contributed by atoms with Gasteiger partial charge in [-0.1, -0.05) is 0 Å². The molecule has 0 aromatic heterocycles. The number of alkyl carbamates (subject to hydrolysis) is 1. The number of nitrogens with two attached hydrogens (primary N) is 1. The third kappa shape index (κ3) is 8.05. The van der Waals surface area contributed by atoms with Crippen LogP contribution in [0.15, 0.2) is 0 Å². The highest BCUT2D eigenvalue weighted by Gasteiger charge is 2.18. The summed E-state index contributed by atoms with van der Waals surface area (Å²) in [7, 11) is 0. The monoisotopic (exact) mass is 232 g/mol. The second-order valence-electron chi connectivity index (χ2n) is 4.43. The Morgan fingerprint density at radius 2 is 1.94 bits per heavy atom. The number of carbonyl (C=O) groups is 2. The second kappa shape index (κ2) is 6.32. The van der Waals surface area contributed by atoms with Crippen molar-refractivity contribution in [3.05, 3.63) is 0 Å². The van der Waals surface area contributed by atoms with E-state index in [2.05, 4.69) is 5.32 Å². The van der Waals surface area contributed by atoms with E-state index in [0.29, 0.717) is 0 Å². The van der Waals surface area contributed by atoms with Crippen LogP contribution in [0.5, 0.6) is 0 Å². The molecule has 3 N–H and O–H groups in total.